The van der Waals surface area contributed by atoms with E-state index in [0.717, 1.165) is 12.0 Å². The van der Waals surface area contributed by atoms with Gasteiger partial charge in [-0.3, -0.25) is 14.3 Å². The highest BCUT2D eigenvalue weighted by molar-refractivity contribution is 6.01. The molecule has 2 fully saturated rings. The molecule has 1 aliphatic carbocycles. The molecule has 12 heteroatoms. The van der Waals surface area contributed by atoms with E-state index in [-0.39, 0.29) is 23.4 Å². The van der Waals surface area contributed by atoms with Crippen molar-refractivity contribution in [3.8, 4) is 17.3 Å². The lowest BCUT2D eigenvalue weighted by Gasteiger charge is -2.21. The molecule has 188 valence electrons. The molecule has 2 amide bonds. The van der Waals surface area contributed by atoms with Gasteiger partial charge in [0.15, 0.2) is 5.65 Å². The fourth-order valence-electron chi connectivity index (χ4n) is 4.87. The second-order valence-corrected chi connectivity index (χ2v) is 9.82. The molecule has 1 saturated heterocycles. The third-order valence-electron chi connectivity index (χ3n) is 7.09. The van der Waals surface area contributed by atoms with E-state index in [2.05, 4.69) is 28.5 Å². The highest BCUT2D eigenvalue weighted by Gasteiger charge is 2.54. The number of carbonyl (C=O) groups is 2. The maximum atomic E-state index is 13.0. The van der Waals surface area contributed by atoms with Crippen LogP contribution in [0.5, 0.6) is 0 Å². The van der Waals surface area contributed by atoms with Gasteiger partial charge in [0, 0.05) is 30.9 Å². The number of amides is 2. The van der Waals surface area contributed by atoms with Crippen molar-refractivity contribution < 1.29 is 14.7 Å². The molecule has 3 aromatic heterocycles. The van der Waals surface area contributed by atoms with E-state index in [0.29, 0.717) is 49.5 Å². The number of aromatic nitrogens is 5. The third-order valence-corrected chi connectivity index (χ3v) is 7.09. The van der Waals surface area contributed by atoms with Crippen LogP contribution >= 0.6 is 0 Å². The largest absolute Gasteiger partial charge is 0.391 e. The number of rotatable bonds is 8. The SMILES string of the molecule is CC[C@@H]1CN(C(=O)C2(C#N)CC2)C[C@H]1Nc1c(C(N)=O)cnn2cc(-c3cnn(C[C@@H](C)O)c3)nc12. The summed E-state index contributed by atoms with van der Waals surface area (Å²) in [6.45, 7) is 5.07. The highest BCUT2D eigenvalue weighted by Crippen LogP contribution is 2.47. The summed E-state index contributed by atoms with van der Waals surface area (Å²) in [6.07, 6.45) is 8.08. The summed E-state index contributed by atoms with van der Waals surface area (Å²) in [6, 6.07) is 2.04. The van der Waals surface area contributed by atoms with Crippen molar-refractivity contribution >= 4 is 23.1 Å². The van der Waals surface area contributed by atoms with E-state index < -0.39 is 17.4 Å². The fourth-order valence-corrected chi connectivity index (χ4v) is 4.87. The molecule has 0 bridgehead atoms. The van der Waals surface area contributed by atoms with Gasteiger partial charge in [0.2, 0.25) is 5.91 Å². The van der Waals surface area contributed by atoms with Crippen LogP contribution in [0.4, 0.5) is 5.69 Å². The molecule has 1 saturated carbocycles. The number of hydrogen-bond acceptors (Lipinski definition) is 8. The van der Waals surface area contributed by atoms with Crippen LogP contribution in [0.15, 0.2) is 24.8 Å². The third kappa shape index (κ3) is 4.15. The molecule has 4 N–H and O–H groups in total. The highest BCUT2D eigenvalue weighted by atomic mass is 16.3. The van der Waals surface area contributed by atoms with Gasteiger partial charge in [-0.1, -0.05) is 6.92 Å². The lowest BCUT2D eigenvalue weighted by molar-refractivity contribution is -0.134. The van der Waals surface area contributed by atoms with Crippen molar-refractivity contribution in [3.05, 3.63) is 30.4 Å². The minimum Gasteiger partial charge on any atom is -0.391 e. The van der Waals surface area contributed by atoms with Crippen LogP contribution in [0.2, 0.25) is 0 Å². The standard InChI is InChI=1S/C24H29N9O3/c1-3-15-9-31(23(36)24(13-25)4-5-24)11-18(15)29-20-17(21(26)35)7-28-33-12-19(30-22(20)33)16-6-27-32(10-16)8-14(2)34/h6-7,10,12,14-15,18,29,34H,3-5,8-9,11H2,1-2H3,(H2,26,35)/t14-,15-,18-/m1/s1. The zero-order valence-corrected chi connectivity index (χ0v) is 20.3. The minimum atomic E-state index is -0.869. The number of carbonyl (C=O) groups excluding carboxylic acids is 2. The van der Waals surface area contributed by atoms with Crippen molar-refractivity contribution in [2.75, 3.05) is 18.4 Å². The van der Waals surface area contributed by atoms with Crippen LogP contribution in [-0.2, 0) is 11.3 Å². The predicted molar refractivity (Wildman–Crippen MR) is 129 cm³/mol. The molecule has 3 aromatic rings. The first-order valence-corrected chi connectivity index (χ1v) is 12.1. The van der Waals surface area contributed by atoms with Crippen molar-refractivity contribution in [2.45, 2.75) is 51.8 Å². The van der Waals surface area contributed by atoms with E-state index in [1.807, 2.05) is 0 Å². The molecule has 4 heterocycles. The van der Waals surface area contributed by atoms with E-state index in [1.54, 1.807) is 39.6 Å². The number of nitriles is 1. The summed E-state index contributed by atoms with van der Waals surface area (Å²) in [7, 11) is 0. The summed E-state index contributed by atoms with van der Waals surface area (Å²) in [5.74, 6) is -0.618. The molecule has 0 aromatic carbocycles. The second kappa shape index (κ2) is 8.91. The Morgan fingerprint density at radius 3 is 2.72 bits per heavy atom. The van der Waals surface area contributed by atoms with Gasteiger partial charge < -0.3 is 21.1 Å². The van der Waals surface area contributed by atoms with E-state index in [9.17, 15) is 20.0 Å². The average molecular weight is 492 g/mol. The fraction of sp³-hybridized carbons (Fsp3) is 0.500. The quantitative estimate of drug-likeness (QED) is 0.420. The Labute approximate surface area is 207 Å². The first-order chi connectivity index (χ1) is 17.2. The van der Waals surface area contributed by atoms with Crippen molar-refractivity contribution in [1.82, 2.24) is 29.3 Å². The number of fused-ring (bicyclic) bond motifs is 1. The van der Waals surface area contributed by atoms with Gasteiger partial charge in [-0.05, 0) is 32.1 Å². The molecule has 0 radical (unpaired) electrons. The number of imidazole rings is 1. The number of likely N-dealkylation sites (tertiary alicyclic amines) is 1. The summed E-state index contributed by atoms with van der Waals surface area (Å²) in [5, 5.41) is 31.1. The maximum absolute atomic E-state index is 13.0. The number of aliphatic hydroxyl groups is 1. The number of hydrogen-bond donors (Lipinski definition) is 3. The molecular formula is C24H29N9O3. The zero-order valence-electron chi connectivity index (χ0n) is 20.3. The Kier molecular flexibility index (Phi) is 5.88. The maximum Gasteiger partial charge on any atom is 0.252 e. The molecule has 3 atom stereocenters. The molecule has 5 rings (SSSR count). The van der Waals surface area contributed by atoms with Gasteiger partial charge in [0.1, 0.15) is 5.41 Å². The monoisotopic (exact) mass is 491 g/mol. The first-order valence-electron chi connectivity index (χ1n) is 12.1. The van der Waals surface area contributed by atoms with Crippen LogP contribution in [-0.4, -0.2) is 71.4 Å². The summed E-state index contributed by atoms with van der Waals surface area (Å²) in [5.41, 5.74) is 7.25. The van der Waals surface area contributed by atoms with Crippen molar-refractivity contribution in [1.29, 1.82) is 5.26 Å². The Morgan fingerprint density at radius 1 is 1.31 bits per heavy atom. The van der Waals surface area contributed by atoms with E-state index in [4.69, 9.17) is 10.7 Å². The van der Waals surface area contributed by atoms with Crippen molar-refractivity contribution in [2.24, 2.45) is 17.1 Å². The van der Waals surface area contributed by atoms with Crippen LogP contribution < -0.4 is 11.1 Å². The van der Waals surface area contributed by atoms with Gasteiger partial charge in [-0.25, -0.2) is 9.50 Å². The number of anilines is 1. The average Bonchev–Trinajstić information content (AvgIpc) is 3.15. The lowest BCUT2D eigenvalue weighted by Crippen LogP contribution is -2.36. The predicted octanol–water partition coefficient (Wildman–Crippen LogP) is 1.03. The number of aliphatic hydroxyl groups excluding tert-OH is 1. The molecule has 0 spiro atoms. The number of nitrogens with two attached hydrogens (primary N) is 1. The Balaban J connectivity index is 1.47. The van der Waals surface area contributed by atoms with Crippen LogP contribution in [0.3, 0.4) is 0 Å². The molecule has 0 unspecified atom stereocenters. The summed E-state index contributed by atoms with van der Waals surface area (Å²) >= 11 is 0. The van der Waals surface area contributed by atoms with E-state index in [1.165, 1.54) is 6.20 Å². The second-order valence-electron chi connectivity index (χ2n) is 9.82. The molecular weight excluding hydrogens is 462 g/mol. The van der Waals surface area contributed by atoms with Crippen LogP contribution in [0, 0.1) is 22.7 Å². The molecule has 12 nitrogen and oxygen atoms in total. The van der Waals surface area contributed by atoms with Crippen LogP contribution in [0.25, 0.3) is 16.9 Å². The summed E-state index contributed by atoms with van der Waals surface area (Å²) < 4.78 is 3.21. The minimum absolute atomic E-state index is 0.111. The Bertz CT molecular complexity index is 1360. The number of nitrogens with zero attached hydrogens (tertiary/aromatic N) is 7. The first kappa shape index (κ1) is 23.7. The lowest BCUT2D eigenvalue weighted by atomic mass is 10.0. The van der Waals surface area contributed by atoms with Gasteiger partial charge in [0.25, 0.3) is 5.91 Å². The topological polar surface area (TPSA) is 167 Å². The molecule has 1 aliphatic heterocycles. The zero-order chi connectivity index (χ0) is 25.6. The van der Waals surface area contributed by atoms with Gasteiger partial charge in [0.05, 0.1) is 54.3 Å². The molecule has 36 heavy (non-hydrogen) atoms. The van der Waals surface area contributed by atoms with Gasteiger partial charge >= 0.3 is 0 Å². The van der Waals surface area contributed by atoms with Gasteiger partial charge in [-0.2, -0.15) is 15.5 Å². The summed E-state index contributed by atoms with van der Waals surface area (Å²) in [4.78, 5) is 31.8. The Hall–Kier alpha value is -3.98. The number of nitrogens with one attached hydrogen (secondary N) is 1. The Morgan fingerprint density at radius 2 is 2.08 bits per heavy atom. The normalized spacial score (nSPS) is 21.3. The van der Waals surface area contributed by atoms with Crippen LogP contribution in [0.1, 0.15) is 43.5 Å². The number of primary amides is 1. The van der Waals surface area contributed by atoms with E-state index >= 15 is 0 Å². The van der Waals surface area contributed by atoms with Gasteiger partial charge in [-0.15, -0.1) is 0 Å². The van der Waals surface area contributed by atoms with Crippen molar-refractivity contribution in [3.63, 3.8) is 0 Å². The molecule has 2 aliphatic rings. The smallest absolute Gasteiger partial charge is 0.252 e.